The highest BCUT2D eigenvalue weighted by molar-refractivity contribution is 7.99. The molecule has 0 radical (unpaired) electrons. The van der Waals surface area contributed by atoms with E-state index in [0.717, 1.165) is 21.7 Å². The Morgan fingerprint density at radius 1 is 0.957 bits per heavy atom. The van der Waals surface area contributed by atoms with Crippen LogP contribution in [0.15, 0.2) is 113 Å². The van der Waals surface area contributed by atoms with Gasteiger partial charge in [-0.1, -0.05) is 78.5 Å². The molecule has 0 spiro atoms. The average Bonchev–Trinajstić information content (AvgIpc) is 3.86. The number of aromatic nitrogens is 3. The quantitative estimate of drug-likeness (QED) is 0.159. The molecular weight excluding hydrogens is 624 g/mol. The van der Waals surface area contributed by atoms with Crippen LogP contribution in [-0.4, -0.2) is 49.7 Å². The maximum absolute atomic E-state index is 13.7. The number of hydrogen-bond acceptors (Lipinski definition) is 8. The third-order valence-corrected chi connectivity index (χ3v) is 9.24. The second kappa shape index (κ2) is 15.0. The smallest absolute Gasteiger partial charge is 0.258 e. The fourth-order valence-corrected chi connectivity index (χ4v) is 6.59. The van der Waals surface area contributed by atoms with Crippen molar-refractivity contribution in [3.63, 3.8) is 0 Å². The van der Waals surface area contributed by atoms with Gasteiger partial charge in [-0.3, -0.25) is 9.59 Å². The monoisotopic (exact) mass is 654 g/mol. The lowest BCUT2D eigenvalue weighted by molar-refractivity contribution is -0.130. The summed E-state index contributed by atoms with van der Waals surface area (Å²) >= 11 is 2.84. The molecule has 46 heavy (non-hydrogen) atoms. The lowest BCUT2D eigenvalue weighted by atomic mass is 10.0. The van der Waals surface area contributed by atoms with E-state index in [1.807, 2.05) is 58.5 Å². The van der Waals surface area contributed by atoms with Crippen molar-refractivity contribution in [2.24, 2.45) is 5.10 Å². The van der Waals surface area contributed by atoms with Gasteiger partial charge in [0.05, 0.1) is 28.9 Å². The summed E-state index contributed by atoms with van der Waals surface area (Å²) in [5.41, 5.74) is 2.78. The summed E-state index contributed by atoms with van der Waals surface area (Å²) in [6.45, 7) is 0.583. The van der Waals surface area contributed by atoms with Crippen LogP contribution in [0.3, 0.4) is 0 Å². The molecule has 9 nitrogen and oxygen atoms in total. The summed E-state index contributed by atoms with van der Waals surface area (Å²) in [6.07, 6.45) is 1.25. The summed E-state index contributed by atoms with van der Waals surface area (Å²) < 4.78 is 21.2. The van der Waals surface area contributed by atoms with Crippen LogP contribution in [0.4, 0.5) is 4.39 Å². The number of hydrazone groups is 1. The van der Waals surface area contributed by atoms with Crippen LogP contribution in [0.1, 0.15) is 34.3 Å². The Morgan fingerprint density at radius 3 is 2.46 bits per heavy atom. The first kappa shape index (κ1) is 31.2. The number of halogens is 1. The molecule has 0 saturated carbocycles. The SMILES string of the molecule is O=C(COc1ccccc1)NCc1nnc(SCC(=O)N2N=C(c3cccs3)CC2c2ccc(F)cc2)n1CCc1ccccc1. The minimum absolute atomic E-state index is 0.0691. The van der Waals surface area contributed by atoms with Gasteiger partial charge in [0.25, 0.3) is 11.8 Å². The van der Waals surface area contributed by atoms with Crippen molar-refractivity contribution in [1.29, 1.82) is 0 Å². The van der Waals surface area contributed by atoms with Gasteiger partial charge >= 0.3 is 0 Å². The van der Waals surface area contributed by atoms with Gasteiger partial charge in [0.2, 0.25) is 0 Å². The van der Waals surface area contributed by atoms with Crippen molar-refractivity contribution in [2.75, 3.05) is 12.4 Å². The molecule has 1 unspecified atom stereocenters. The van der Waals surface area contributed by atoms with E-state index in [1.54, 1.807) is 35.6 Å². The molecule has 234 valence electrons. The Morgan fingerprint density at radius 2 is 1.72 bits per heavy atom. The first-order chi connectivity index (χ1) is 22.5. The van der Waals surface area contributed by atoms with Crippen molar-refractivity contribution < 1.29 is 18.7 Å². The van der Waals surface area contributed by atoms with Crippen LogP contribution in [0.25, 0.3) is 0 Å². The zero-order valence-electron chi connectivity index (χ0n) is 24.8. The van der Waals surface area contributed by atoms with Gasteiger partial charge in [-0.05, 0) is 53.3 Å². The van der Waals surface area contributed by atoms with Crippen molar-refractivity contribution in [3.8, 4) is 5.75 Å². The summed E-state index contributed by atoms with van der Waals surface area (Å²) in [7, 11) is 0. The summed E-state index contributed by atoms with van der Waals surface area (Å²) in [4.78, 5) is 27.2. The summed E-state index contributed by atoms with van der Waals surface area (Å²) in [6, 6.07) is 29.0. The fraction of sp³-hybridized carbons (Fsp3) is 0.206. The number of thiophene rings is 1. The van der Waals surface area contributed by atoms with E-state index in [9.17, 15) is 14.0 Å². The number of amides is 2. The Bertz CT molecular complexity index is 1780. The third kappa shape index (κ3) is 7.88. The van der Waals surface area contributed by atoms with E-state index >= 15 is 0 Å². The van der Waals surface area contributed by atoms with E-state index in [-0.39, 0.29) is 42.6 Å². The Hall–Kier alpha value is -4.81. The number of nitrogens with one attached hydrogen (secondary N) is 1. The number of benzene rings is 3. The van der Waals surface area contributed by atoms with E-state index < -0.39 is 0 Å². The predicted octanol–water partition coefficient (Wildman–Crippen LogP) is 5.89. The number of hydrogen-bond donors (Lipinski definition) is 1. The van der Waals surface area contributed by atoms with Gasteiger partial charge in [-0.25, -0.2) is 9.40 Å². The van der Waals surface area contributed by atoms with Crippen LogP contribution in [0.2, 0.25) is 0 Å². The highest BCUT2D eigenvalue weighted by Gasteiger charge is 2.33. The molecule has 3 heterocycles. The molecule has 1 atom stereocenters. The van der Waals surface area contributed by atoms with Gasteiger partial charge in [-0.2, -0.15) is 5.10 Å². The molecule has 12 heteroatoms. The molecule has 5 aromatic rings. The Kier molecular flexibility index (Phi) is 10.2. The molecule has 6 rings (SSSR count). The number of carbonyl (C=O) groups is 2. The Balaban J connectivity index is 1.15. The zero-order valence-corrected chi connectivity index (χ0v) is 26.4. The lowest BCUT2D eigenvalue weighted by Crippen LogP contribution is -2.30. The minimum atomic E-state index is -0.342. The number of ether oxygens (including phenoxy) is 1. The summed E-state index contributed by atoms with van der Waals surface area (Å²) in [5, 5.41) is 20.4. The van der Waals surface area contributed by atoms with Gasteiger partial charge in [-0.15, -0.1) is 21.5 Å². The number of carbonyl (C=O) groups excluding carboxylic acids is 2. The van der Waals surface area contributed by atoms with Crippen molar-refractivity contribution in [2.45, 2.75) is 37.1 Å². The van der Waals surface area contributed by atoms with Crippen molar-refractivity contribution >= 4 is 40.6 Å². The molecular formula is C34H31FN6O3S2. The first-order valence-electron chi connectivity index (χ1n) is 14.8. The number of nitrogens with zero attached hydrogens (tertiary/aromatic N) is 5. The Labute approximate surface area is 274 Å². The van der Waals surface area contributed by atoms with Crippen molar-refractivity contribution in [1.82, 2.24) is 25.1 Å². The normalized spacial score (nSPS) is 14.2. The van der Waals surface area contributed by atoms with E-state index in [1.165, 1.54) is 28.9 Å². The zero-order chi connectivity index (χ0) is 31.7. The summed E-state index contributed by atoms with van der Waals surface area (Å²) in [5.74, 6) is 0.433. The minimum Gasteiger partial charge on any atom is -0.484 e. The maximum Gasteiger partial charge on any atom is 0.258 e. The molecule has 0 fully saturated rings. The van der Waals surface area contributed by atoms with E-state index in [4.69, 9.17) is 9.84 Å². The van der Waals surface area contributed by atoms with Crippen LogP contribution >= 0.6 is 23.1 Å². The molecule has 0 bridgehead atoms. The molecule has 1 aliphatic heterocycles. The molecule has 2 aromatic heterocycles. The largest absolute Gasteiger partial charge is 0.484 e. The molecule has 1 aliphatic rings. The molecule has 0 saturated heterocycles. The van der Waals surface area contributed by atoms with Crippen LogP contribution in [0, 0.1) is 5.82 Å². The predicted molar refractivity (Wildman–Crippen MR) is 176 cm³/mol. The highest BCUT2D eigenvalue weighted by atomic mass is 32.2. The second-order valence-corrected chi connectivity index (χ2v) is 12.4. The van der Waals surface area contributed by atoms with Crippen LogP contribution < -0.4 is 10.1 Å². The lowest BCUT2D eigenvalue weighted by Gasteiger charge is -2.22. The highest BCUT2D eigenvalue weighted by Crippen LogP contribution is 2.34. The molecule has 0 aliphatic carbocycles. The maximum atomic E-state index is 13.7. The van der Waals surface area contributed by atoms with E-state index in [2.05, 4.69) is 27.6 Å². The number of para-hydroxylation sites is 1. The molecule has 3 aromatic carbocycles. The molecule has 1 N–H and O–H groups in total. The second-order valence-electron chi connectivity index (χ2n) is 10.5. The van der Waals surface area contributed by atoms with Gasteiger partial charge < -0.3 is 14.6 Å². The third-order valence-electron chi connectivity index (χ3n) is 7.37. The average molecular weight is 655 g/mol. The van der Waals surface area contributed by atoms with Gasteiger partial charge in [0, 0.05) is 13.0 Å². The van der Waals surface area contributed by atoms with Crippen LogP contribution in [-0.2, 0) is 29.1 Å². The number of rotatable bonds is 13. The van der Waals surface area contributed by atoms with Gasteiger partial charge in [0.1, 0.15) is 11.6 Å². The molecule has 2 amide bonds. The van der Waals surface area contributed by atoms with Crippen molar-refractivity contribution in [3.05, 3.63) is 130 Å². The standard InChI is InChI=1S/C34H31FN6O3S2/c35-26-15-13-25(14-16-26)29-20-28(30-12-7-19-45-30)39-41(29)33(43)23-46-34-38-37-31(40(34)18-17-24-8-3-1-4-9-24)21-36-32(42)22-44-27-10-5-2-6-11-27/h1-16,19,29H,17-18,20-23H2,(H,36,42). The topological polar surface area (TPSA) is 102 Å². The van der Waals surface area contributed by atoms with Crippen LogP contribution in [0.5, 0.6) is 5.75 Å². The number of aryl methyl sites for hydroxylation is 1. The van der Waals surface area contributed by atoms with E-state index in [0.29, 0.717) is 36.1 Å². The van der Waals surface area contributed by atoms with Gasteiger partial charge in [0.15, 0.2) is 17.6 Å². The first-order valence-corrected chi connectivity index (χ1v) is 16.6. The fourth-order valence-electron chi connectivity index (χ4n) is 5.03. The number of thioether (sulfide) groups is 1.